The van der Waals surface area contributed by atoms with Gasteiger partial charge in [-0.1, -0.05) is 13.8 Å². The summed E-state index contributed by atoms with van der Waals surface area (Å²) in [7, 11) is 0. The largest absolute Gasteiger partial charge is 0.490 e. The van der Waals surface area contributed by atoms with Gasteiger partial charge >= 0.3 is 0 Å². The Morgan fingerprint density at radius 2 is 1.80 bits per heavy atom. The number of benzene rings is 1. The lowest BCUT2D eigenvalue weighted by molar-refractivity contribution is -0.148. The van der Waals surface area contributed by atoms with Crippen LogP contribution < -0.4 is 4.74 Å². The Morgan fingerprint density at radius 1 is 1.16 bits per heavy atom. The van der Waals surface area contributed by atoms with E-state index in [1.54, 1.807) is 0 Å². The molecule has 2 fully saturated rings. The summed E-state index contributed by atoms with van der Waals surface area (Å²) < 4.78 is 18.6. The number of rotatable bonds is 4. The monoisotopic (exact) mass is 351 g/mol. The van der Waals surface area contributed by atoms with Crippen LogP contribution in [0.2, 0.25) is 0 Å². The zero-order valence-corrected chi connectivity index (χ0v) is 15.2. The van der Waals surface area contributed by atoms with Crippen molar-refractivity contribution in [2.75, 3.05) is 19.7 Å². The summed E-state index contributed by atoms with van der Waals surface area (Å²) in [6, 6.07) is 6.20. The molecule has 5 heteroatoms. The Labute approximate surface area is 149 Å². The highest BCUT2D eigenvalue weighted by atomic mass is 19.1. The van der Waals surface area contributed by atoms with Gasteiger partial charge in [-0.2, -0.15) is 0 Å². The standard InChI is InChI=1S/C20H30FNO3/c1-19(2)10-7-16(8-11-19)22-12-9-18(23)20(24,13-22)14-25-17-5-3-15(21)4-6-17/h3-6,16,18,23-24H,7-14H2,1-2H3/t18-,20-/m0/s1. The number of hydrogen-bond acceptors (Lipinski definition) is 4. The number of halogens is 1. The molecule has 2 aliphatic rings. The lowest BCUT2D eigenvalue weighted by Gasteiger charge is -2.47. The summed E-state index contributed by atoms with van der Waals surface area (Å²) in [5.41, 5.74) is -0.882. The molecule has 1 aliphatic carbocycles. The molecule has 140 valence electrons. The van der Waals surface area contributed by atoms with Gasteiger partial charge < -0.3 is 14.9 Å². The van der Waals surface area contributed by atoms with E-state index in [1.807, 2.05) is 0 Å². The van der Waals surface area contributed by atoms with Crippen LogP contribution in [0.25, 0.3) is 0 Å². The molecule has 0 bridgehead atoms. The third kappa shape index (κ3) is 4.52. The number of aliphatic hydroxyl groups is 2. The highest BCUT2D eigenvalue weighted by Crippen LogP contribution is 2.38. The third-order valence-corrected chi connectivity index (χ3v) is 5.91. The summed E-state index contributed by atoms with van der Waals surface area (Å²) in [6.45, 7) is 5.87. The number of β-amino-alcohol motifs (C(OH)–C–C–N with tert-alkyl or cyclic N) is 1. The van der Waals surface area contributed by atoms with E-state index in [-0.39, 0.29) is 12.4 Å². The summed E-state index contributed by atoms with van der Waals surface area (Å²) in [4.78, 5) is 2.32. The predicted octanol–water partition coefficient (Wildman–Crippen LogP) is 2.97. The molecule has 0 amide bonds. The minimum absolute atomic E-state index is 0.00844. The van der Waals surface area contributed by atoms with Crippen LogP contribution in [-0.2, 0) is 0 Å². The quantitative estimate of drug-likeness (QED) is 0.876. The molecule has 1 aromatic carbocycles. The normalized spacial score (nSPS) is 31.0. The van der Waals surface area contributed by atoms with Gasteiger partial charge in [0.1, 0.15) is 23.8 Å². The molecule has 1 heterocycles. The van der Waals surface area contributed by atoms with Crippen molar-refractivity contribution in [1.82, 2.24) is 4.90 Å². The molecule has 1 saturated carbocycles. The first-order valence-electron chi connectivity index (χ1n) is 9.30. The average molecular weight is 351 g/mol. The fourth-order valence-corrected chi connectivity index (χ4v) is 4.03. The summed E-state index contributed by atoms with van der Waals surface area (Å²) in [6.07, 6.45) is 4.41. The van der Waals surface area contributed by atoms with E-state index in [9.17, 15) is 14.6 Å². The summed E-state index contributed by atoms with van der Waals surface area (Å²) in [5, 5.41) is 21.3. The lowest BCUT2D eigenvalue weighted by atomic mass is 9.74. The van der Waals surface area contributed by atoms with Crippen LogP contribution in [0, 0.1) is 11.2 Å². The molecule has 3 rings (SSSR count). The van der Waals surface area contributed by atoms with Gasteiger partial charge in [-0.25, -0.2) is 4.39 Å². The van der Waals surface area contributed by atoms with Crippen LogP contribution in [0.3, 0.4) is 0 Å². The number of ether oxygens (including phenoxy) is 1. The first-order chi connectivity index (χ1) is 11.8. The molecule has 1 saturated heterocycles. The maximum Gasteiger partial charge on any atom is 0.137 e. The van der Waals surface area contributed by atoms with Crippen molar-refractivity contribution in [3.8, 4) is 5.75 Å². The maximum absolute atomic E-state index is 13.0. The van der Waals surface area contributed by atoms with E-state index in [0.29, 0.717) is 30.2 Å². The SMILES string of the molecule is CC1(C)CCC(N2CC[C@H](O)[C@@](O)(COc3ccc(F)cc3)C2)CC1. The molecule has 0 aromatic heterocycles. The molecule has 1 aromatic rings. The number of likely N-dealkylation sites (tertiary alicyclic amines) is 1. The second kappa shape index (κ2) is 7.22. The predicted molar refractivity (Wildman–Crippen MR) is 95.1 cm³/mol. The fourth-order valence-electron chi connectivity index (χ4n) is 4.03. The molecular weight excluding hydrogens is 321 g/mol. The second-order valence-electron chi connectivity index (χ2n) is 8.52. The highest BCUT2D eigenvalue weighted by Gasteiger charge is 2.44. The molecule has 4 nitrogen and oxygen atoms in total. The van der Waals surface area contributed by atoms with E-state index in [4.69, 9.17) is 4.74 Å². The van der Waals surface area contributed by atoms with Gasteiger partial charge in [0.2, 0.25) is 0 Å². The van der Waals surface area contributed by atoms with Crippen LogP contribution in [-0.4, -0.2) is 52.6 Å². The van der Waals surface area contributed by atoms with Crippen LogP contribution in [0.1, 0.15) is 46.0 Å². The van der Waals surface area contributed by atoms with Crippen molar-refractivity contribution in [3.05, 3.63) is 30.1 Å². The van der Waals surface area contributed by atoms with Crippen molar-refractivity contribution in [2.24, 2.45) is 5.41 Å². The lowest BCUT2D eigenvalue weighted by Crippen LogP contribution is -2.62. The molecule has 1 aliphatic heterocycles. The minimum atomic E-state index is -1.29. The van der Waals surface area contributed by atoms with Gasteiger partial charge in [0.15, 0.2) is 0 Å². The second-order valence-corrected chi connectivity index (χ2v) is 8.52. The Bertz CT molecular complexity index is 567. The number of piperidine rings is 1. The maximum atomic E-state index is 13.0. The smallest absolute Gasteiger partial charge is 0.137 e. The number of aliphatic hydroxyl groups excluding tert-OH is 1. The Kier molecular flexibility index (Phi) is 5.37. The van der Waals surface area contributed by atoms with Crippen molar-refractivity contribution in [3.63, 3.8) is 0 Å². The summed E-state index contributed by atoms with van der Waals surface area (Å²) >= 11 is 0. The molecule has 0 radical (unpaired) electrons. The van der Waals surface area contributed by atoms with Crippen molar-refractivity contribution >= 4 is 0 Å². The van der Waals surface area contributed by atoms with E-state index in [2.05, 4.69) is 18.7 Å². The van der Waals surface area contributed by atoms with Crippen LogP contribution in [0.5, 0.6) is 5.75 Å². The van der Waals surface area contributed by atoms with Crippen LogP contribution in [0.4, 0.5) is 4.39 Å². The highest BCUT2D eigenvalue weighted by molar-refractivity contribution is 5.22. The molecule has 25 heavy (non-hydrogen) atoms. The molecule has 0 unspecified atom stereocenters. The fraction of sp³-hybridized carbons (Fsp3) is 0.700. The van der Waals surface area contributed by atoms with Gasteiger partial charge in [-0.05, 0) is 61.8 Å². The average Bonchev–Trinajstić information content (AvgIpc) is 2.57. The Hall–Kier alpha value is -1.17. The van der Waals surface area contributed by atoms with Crippen molar-refractivity contribution in [2.45, 2.75) is 63.7 Å². The van der Waals surface area contributed by atoms with Gasteiger partial charge in [-0.15, -0.1) is 0 Å². The van der Waals surface area contributed by atoms with Crippen molar-refractivity contribution in [1.29, 1.82) is 0 Å². The van der Waals surface area contributed by atoms with E-state index >= 15 is 0 Å². The molecule has 2 atom stereocenters. The first kappa shape index (κ1) is 18.6. The van der Waals surface area contributed by atoms with Gasteiger partial charge in [0, 0.05) is 19.1 Å². The first-order valence-corrected chi connectivity index (χ1v) is 9.30. The minimum Gasteiger partial charge on any atom is -0.490 e. The topological polar surface area (TPSA) is 52.9 Å². The zero-order chi connectivity index (χ0) is 18.1. The van der Waals surface area contributed by atoms with Crippen molar-refractivity contribution < 1.29 is 19.3 Å². The van der Waals surface area contributed by atoms with E-state index < -0.39 is 11.7 Å². The van der Waals surface area contributed by atoms with Gasteiger partial charge in [0.25, 0.3) is 0 Å². The third-order valence-electron chi connectivity index (χ3n) is 5.91. The Balaban J connectivity index is 1.60. The van der Waals surface area contributed by atoms with E-state index in [1.165, 1.54) is 37.1 Å². The van der Waals surface area contributed by atoms with Crippen LogP contribution >= 0.6 is 0 Å². The van der Waals surface area contributed by atoms with Crippen LogP contribution in [0.15, 0.2) is 24.3 Å². The summed E-state index contributed by atoms with van der Waals surface area (Å²) in [5.74, 6) is 0.175. The Morgan fingerprint density at radius 3 is 2.44 bits per heavy atom. The zero-order valence-electron chi connectivity index (χ0n) is 15.2. The van der Waals surface area contributed by atoms with Gasteiger partial charge in [0.05, 0.1) is 6.10 Å². The molecular formula is C20H30FNO3. The molecule has 0 spiro atoms. The number of hydrogen-bond donors (Lipinski definition) is 2. The number of nitrogens with zero attached hydrogens (tertiary/aromatic N) is 1. The van der Waals surface area contributed by atoms with Gasteiger partial charge in [-0.3, -0.25) is 4.90 Å². The van der Waals surface area contributed by atoms with E-state index in [0.717, 1.165) is 19.4 Å². The molecule has 2 N–H and O–H groups in total.